The molecule has 6 aliphatic rings. The maximum absolute atomic E-state index is 13.8. The van der Waals surface area contributed by atoms with Crippen LogP contribution in [0.25, 0.3) is 0 Å². The highest BCUT2D eigenvalue weighted by atomic mass is 16.6. The molecule has 4 aliphatic carbocycles. The Morgan fingerprint density at radius 1 is 0.979 bits per heavy atom. The zero-order valence-electron chi connectivity index (χ0n) is 29.3. The Kier molecular flexibility index (Phi) is 8.30. The highest BCUT2D eigenvalue weighted by Crippen LogP contribution is 2.76. The van der Waals surface area contributed by atoms with Gasteiger partial charge in [0.05, 0.1) is 31.8 Å². The number of allylic oxidation sites excluding steroid dienone is 2. The zero-order chi connectivity index (χ0) is 34.4. The summed E-state index contributed by atoms with van der Waals surface area (Å²) in [4.78, 5) is 51.5. The molecule has 0 amide bonds. The molecule has 6 rings (SSSR count). The molecule has 2 heterocycles. The van der Waals surface area contributed by atoms with Crippen molar-refractivity contribution in [1.82, 2.24) is 0 Å². The first-order chi connectivity index (χ1) is 21.9. The number of carbonyl (C=O) groups excluding carboxylic acids is 4. The summed E-state index contributed by atoms with van der Waals surface area (Å²) in [6.45, 7) is 17.7. The Balaban J connectivity index is 1.56. The molecule has 0 aromatic heterocycles. The molecule has 2 saturated heterocycles. The van der Waals surface area contributed by atoms with Crippen molar-refractivity contribution in [3.8, 4) is 0 Å². The van der Waals surface area contributed by atoms with Gasteiger partial charge in [-0.25, -0.2) is 4.79 Å². The molecule has 0 aromatic rings. The van der Waals surface area contributed by atoms with Crippen molar-refractivity contribution in [3.63, 3.8) is 0 Å². The molecule has 0 aromatic carbocycles. The van der Waals surface area contributed by atoms with E-state index in [2.05, 4.69) is 26.8 Å². The number of fused-ring (bicyclic) bond motifs is 4. The van der Waals surface area contributed by atoms with E-state index in [0.717, 1.165) is 11.1 Å². The molecular weight excluding hydrogens is 604 g/mol. The van der Waals surface area contributed by atoms with Crippen LogP contribution in [0.1, 0.15) is 88.0 Å². The van der Waals surface area contributed by atoms with Crippen LogP contribution in [0.4, 0.5) is 0 Å². The summed E-state index contributed by atoms with van der Waals surface area (Å²) in [6, 6.07) is 0. The number of esters is 4. The second kappa shape index (κ2) is 11.4. The largest absolute Gasteiger partial charge is 0.465 e. The molecule has 3 saturated carbocycles. The zero-order valence-corrected chi connectivity index (χ0v) is 29.3. The minimum Gasteiger partial charge on any atom is -0.465 e. The lowest BCUT2D eigenvalue weighted by Gasteiger charge is -2.70. The predicted octanol–water partition coefficient (Wildman–Crippen LogP) is 4.71. The summed E-state index contributed by atoms with van der Waals surface area (Å²) in [7, 11) is 0. The average Bonchev–Trinajstić information content (AvgIpc) is 3.67. The third-order valence-electron chi connectivity index (χ3n) is 13.7. The molecule has 10 nitrogen and oxygen atoms in total. The normalized spacial score (nSPS) is 47.0. The van der Waals surface area contributed by atoms with Gasteiger partial charge in [-0.3, -0.25) is 14.4 Å². The fourth-order valence-electron chi connectivity index (χ4n) is 11.4. The molecule has 2 unspecified atom stereocenters. The second-order valence-electron chi connectivity index (χ2n) is 16.4. The first-order valence-electron chi connectivity index (χ1n) is 17.3. The number of aliphatic hydroxyl groups excluding tert-OH is 1. The van der Waals surface area contributed by atoms with Crippen LogP contribution in [0.15, 0.2) is 23.3 Å². The van der Waals surface area contributed by atoms with Crippen LogP contribution < -0.4 is 0 Å². The van der Waals surface area contributed by atoms with E-state index in [1.54, 1.807) is 6.08 Å². The van der Waals surface area contributed by atoms with Gasteiger partial charge in [0.25, 0.3) is 0 Å². The summed E-state index contributed by atoms with van der Waals surface area (Å²) in [5.41, 5.74) is -1.05. The van der Waals surface area contributed by atoms with Crippen LogP contribution in [0.5, 0.6) is 0 Å². The van der Waals surface area contributed by atoms with Crippen LogP contribution in [-0.2, 0) is 42.9 Å². The van der Waals surface area contributed by atoms with E-state index in [9.17, 15) is 24.3 Å². The minimum absolute atomic E-state index is 0.0526. The molecule has 0 spiro atoms. The van der Waals surface area contributed by atoms with E-state index in [1.807, 2.05) is 27.7 Å². The fraction of sp³-hybridized carbons (Fsp3) is 0.784. The molecule has 47 heavy (non-hydrogen) atoms. The summed E-state index contributed by atoms with van der Waals surface area (Å²) < 4.78 is 31.1. The number of hydrogen-bond acceptors (Lipinski definition) is 10. The number of rotatable bonds is 6. The molecule has 10 heteroatoms. The van der Waals surface area contributed by atoms with E-state index >= 15 is 0 Å². The summed E-state index contributed by atoms with van der Waals surface area (Å²) >= 11 is 0. The van der Waals surface area contributed by atoms with Crippen molar-refractivity contribution in [1.29, 1.82) is 0 Å². The van der Waals surface area contributed by atoms with Gasteiger partial charge < -0.3 is 28.8 Å². The molecule has 0 bridgehead atoms. The van der Waals surface area contributed by atoms with Crippen molar-refractivity contribution in [3.05, 3.63) is 23.3 Å². The van der Waals surface area contributed by atoms with Gasteiger partial charge in [-0.2, -0.15) is 0 Å². The van der Waals surface area contributed by atoms with Gasteiger partial charge in [-0.1, -0.05) is 58.8 Å². The van der Waals surface area contributed by atoms with Gasteiger partial charge in [-0.05, 0) is 37.5 Å². The molecule has 13 atom stereocenters. The van der Waals surface area contributed by atoms with Crippen molar-refractivity contribution in [2.24, 2.45) is 51.2 Å². The monoisotopic (exact) mass is 656 g/mol. The van der Waals surface area contributed by atoms with Crippen LogP contribution in [0.2, 0.25) is 0 Å². The Morgan fingerprint density at radius 3 is 2.23 bits per heavy atom. The van der Waals surface area contributed by atoms with Gasteiger partial charge >= 0.3 is 23.9 Å². The maximum Gasteiger partial charge on any atom is 0.331 e. The van der Waals surface area contributed by atoms with E-state index in [4.69, 9.17) is 23.7 Å². The lowest BCUT2D eigenvalue weighted by molar-refractivity contribution is -0.273. The minimum atomic E-state index is -0.833. The number of carbonyl (C=O) groups is 4. The Bertz CT molecular complexity index is 1420. The van der Waals surface area contributed by atoms with E-state index in [-0.39, 0.29) is 48.6 Å². The van der Waals surface area contributed by atoms with Crippen molar-refractivity contribution in [2.75, 3.05) is 13.2 Å². The number of ether oxygens (including phenoxy) is 5. The third kappa shape index (κ3) is 4.85. The number of hydrogen-bond donors (Lipinski definition) is 1. The van der Waals surface area contributed by atoms with Crippen LogP contribution in [0, 0.1) is 51.2 Å². The quantitative estimate of drug-likeness (QED) is 0.185. The smallest absolute Gasteiger partial charge is 0.331 e. The second-order valence-corrected chi connectivity index (χ2v) is 16.4. The van der Waals surface area contributed by atoms with Gasteiger partial charge in [0.2, 0.25) is 0 Å². The van der Waals surface area contributed by atoms with Gasteiger partial charge in [-0.15, -0.1) is 0 Å². The summed E-state index contributed by atoms with van der Waals surface area (Å²) in [5, 5.41) is 11.6. The van der Waals surface area contributed by atoms with Crippen LogP contribution in [0.3, 0.4) is 0 Å². The van der Waals surface area contributed by atoms with E-state index in [1.165, 1.54) is 13.8 Å². The molecule has 1 N–H and O–H groups in total. The lowest BCUT2D eigenvalue weighted by Crippen LogP contribution is -2.74. The molecule has 2 aliphatic heterocycles. The SMILES string of the molecule is CC(=O)O[C@H]1C[C@H]2[C@](C)(C3=CC[C@@H](C4COC(=O)C4)[C@@]31C)[C@H](OC(=O)/C=C(\C)C(C)C)C1OC[C@]3(C)[C@H](O)C[C@H](OC(C)=O)[C@@]2(C)[C@@H]13. The molecule has 5 fully saturated rings. The first kappa shape index (κ1) is 34.2. The topological polar surface area (TPSA) is 135 Å². The fourth-order valence-corrected chi connectivity index (χ4v) is 11.4. The average molecular weight is 657 g/mol. The molecular formula is C37H52O10. The Morgan fingerprint density at radius 2 is 1.64 bits per heavy atom. The van der Waals surface area contributed by atoms with Gasteiger partial charge in [0, 0.05) is 59.8 Å². The van der Waals surface area contributed by atoms with E-state index in [0.29, 0.717) is 25.9 Å². The van der Waals surface area contributed by atoms with Crippen molar-refractivity contribution >= 4 is 23.9 Å². The van der Waals surface area contributed by atoms with Gasteiger partial charge in [0.1, 0.15) is 18.3 Å². The number of cyclic esters (lactones) is 1. The standard InChI is InChI=1S/C37H52O10/c1-18(2)19(3)12-30(42)47-33-31-32-34(6,17-44-31)26(40)15-28(46-21(5)39)37(32,9)25-14-27(45-20(4)38)35(7)23(22-13-29(41)43-16-22)10-11-24(35)36(25,33)8/h11-12,18,22-23,25-28,31-33,40H,10,13-17H2,1-9H3/b19-12+/t22?,23-,25-,26+,27-,28-,31?,32-,33+,34+,35-,36-,37-/m0/s1. The highest BCUT2D eigenvalue weighted by molar-refractivity contribution is 5.83. The van der Waals surface area contributed by atoms with Gasteiger partial charge in [0.15, 0.2) is 0 Å². The number of aliphatic hydroxyl groups is 1. The highest BCUT2D eigenvalue weighted by Gasteiger charge is 2.79. The van der Waals surface area contributed by atoms with E-state index < -0.39 is 70.1 Å². The maximum atomic E-state index is 13.8. The molecule has 260 valence electrons. The lowest BCUT2D eigenvalue weighted by atomic mass is 9.35. The van der Waals surface area contributed by atoms with Crippen LogP contribution >= 0.6 is 0 Å². The Labute approximate surface area is 277 Å². The predicted molar refractivity (Wildman–Crippen MR) is 169 cm³/mol. The van der Waals surface area contributed by atoms with Crippen LogP contribution in [-0.4, -0.2) is 72.7 Å². The van der Waals surface area contributed by atoms with Crippen molar-refractivity contribution < 1.29 is 48.0 Å². The summed E-state index contributed by atoms with van der Waals surface area (Å²) in [5.74, 6) is -2.12. The summed E-state index contributed by atoms with van der Waals surface area (Å²) in [6.07, 6.45) is 2.00. The van der Waals surface area contributed by atoms with Crippen molar-refractivity contribution in [2.45, 2.75) is 119 Å². The Hall–Kier alpha value is -2.72. The first-order valence-corrected chi connectivity index (χ1v) is 17.3. The third-order valence-corrected chi connectivity index (χ3v) is 13.7. The molecule has 0 radical (unpaired) electrons.